The zero-order chi connectivity index (χ0) is 26.3. The largest absolute Gasteiger partial charge is 0.491 e. The van der Waals surface area contributed by atoms with Crippen molar-refractivity contribution in [2.45, 2.75) is 25.0 Å². The Bertz CT molecular complexity index is 1120. The van der Waals surface area contributed by atoms with Crippen molar-refractivity contribution in [2.24, 2.45) is 0 Å². The van der Waals surface area contributed by atoms with Gasteiger partial charge in [0.25, 0.3) is 5.91 Å². The summed E-state index contributed by atoms with van der Waals surface area (Å²) in [6, 6.07) is 25.1. The van der Waals surface area contributed by atoms with Gasteiger partial charge >= 0.3 is 6.09 Å². The number of anilines is 1. The van der Waals surface area contributed by atoms with Gasteiger partial charge in [0.2, 0.25) is 0 Å². The quantitative estimate of drug-likeness (QED) is 0.151. The summed E-state index contributed by atoms with van der Waals surface area (Å²) in [5.41, 5.74) is 2.79. The smallest absolute Gasteiger partial charge is 0.412 e. The number of para-hydroxylation sites is 2. The molecule has 0 bridgehead atoms. The highest BCUT2D eigenvalue weighted by atomic mass is 16.6. The molecule has 9 heteroatoms. The van der Waals surface area contributed by atoms with Crippen molar-refractivity contribution in [3.63, 3.8) is 0 Å². The molecule has 0 aliphatic carbocycles. The van der Waals surface area contributed by atoms with E-state index in [1.807, 2.05) is 24.3 Å². The molecule has 3 aromatic rings. The predicted molar refractivity (Wildman–Crippen MR) is 137 cm³/mol. The molecule has 0 aromatic heterocycles. The average molecular weight is 507 g/mol. The first-order chi connectivity index (χ1) is 18.1. The highest BCUT2D eigenvalue weighted by molar-refractivity contribution is 5.86. The van der Waals surface area contributed by atoms with Crippen LogP contribution in [-0.2, 0) is 9.53 Å². The van der Waals surface area contributed by atoms with Crippen LogP contribution in [0.3, 0.4) is 0 Å². The van der Waals surface area contributed by atoms with Crippen LogP contribution in [-0.4, -0.2) is 41.6 Å². The lowest BCUT2D eigenvalue weighted by molar-refractivity contribution is -0.124. The average Bonchev–Trinajstić information content (AvgIpc) is 2.93. The van der Waals surface area contributed by atoms with E-state index in [0.29, 0.717) is 35.6 Å². The van der Waals surface area contributed by atoms with E-state index < -0.39 is 24.2 Å². The van der Waals surface area contributed by atoms with E-state index in [0.717, 1.165) is 0 Å². The van der Waals surface area contributed by atoms with Crippen LogP contribution in [0.1, 0.15) is 24.5 Å². The molecule has 0 fully saturated rings. The number of hydrogen-bond donors (Lipinski definition) is 4. The van der Waals surface area contributed by atoms with Crippen LogP contribution in [0.4, 0.5) is 10.5 Å². The minimum atomic E-state index is -0.823. The van der Waals surface area contributed by atoms with Gasteiger partial charge in [0.15, 0.2) is 6.10 Å². The molecule has 0 radical (unpaired) electrons. The minimum absolute atomic E-state index is 0.109. The number of amides is 2. The molecule has 0 unspecified atom stereocenters. The predicted octanol–water partition coefficient (Wildman–Crippen LogP) is 4.64. The van der Waals surface area contributed by atoms with Gasteiger partial charge in [-0.3, -0.25) is 15.3 Å². The first-order valence-electron chi connectivity index (χ1n) is 11.8. The Morgan fingerprint density at radius 2 is 1.57 bits per heavy atom. The van der Waals surface area contributed by atoms with Crippen LogP contribution in [0.15, 0.2) is 97.1 Å². The van der Waals surface area contributed by atoms with E-state index >= 15 is 0 Å². The molecule has 3 rings (SSSR count). The van der Waals surface area contributed by atoms with Crippen molar-refractivity contribution < 1.29 is 34.1 Å². The third kappa shape index (κ3) is 9.32. The zero-order valence-corrected chi connectivity index (χ0v) is 20.2. The monoisotopic (exact) mass is 506 g/mol. The highest BCUT2D eigenvalue weighted by Crippen LogP contribution is 2.30. The van der Waals surface area contributed by atoms with E-state index in [1.165, 1.54) is 6.08 Å². The van der Waals surface area contributed by atoms with E-state index in [-0.39, 0.29) is 13.2 Å². The first kappa shape index (κ1) is 27.3. The normalized spacial score (nSPS) is 12.4. The van der Waals surface area contributed by atoms with E-state index in [1.54, 1.807) is 72.2 Å². The van der Waals surface area contributed by atoms with Crippen LogP contribution >= 0.6 is 0 Å². The van der Waals surface area contributed by atoms with Crippen LogP contribution in [0, 0.1) is 0 Å². The van der Waals surface area contributed by atoms with Gasteiger partial charge in [0, 0.05) is 11.8 Å². The fourth-order valence-electron chi connectivity index (χ4n) is 3.49. The number of benzene rings is 3. The SMILES string of the molecule is O=C(/C=C/CC[C@H](Oc1ccccc1)[C@@H](OC(=O)Nc1ccccc1)c1ccc(OCCO)cc1)NO. The zero-order valence-electron chi connectivity index (χ0n) is 20.2. The number of allylic oxidation sites excluding steroid dienone is 1. The van der Waals surface area contributed by atoms with Gasteiger partial charge in [-0.1, -0.05) is 54.6 Å². The molecule has 0 saturated carbocycles. The molecule has 4 N–H and O–H groups in total. The van der Waals surface area contributed by atoms with Crippen molar-refractivity contribution in [1.82, 2.24) is 5.48 Å². The molecule has 0 spiro atoms. The standard InChI is InChI=1S/C28H30N2O7/c31-19-20-35-23-17-15-21(16-18-23)27(37-28(33)29-22-9-3-1-4-10-22)25(13-7-8-14-26(32)30-34)36-24-11-5-2-6-12-24/h1-6,8-12,14-18,25,27,31,34H,7,13,19-20H2,(H,29,33)(H,30,32)/b14-8+/t25-,27-/m0/s1. The summed E-state index contributed by atoms with van der Waals surface area (Å²) in [5.74, 6) is 0.502. The molecule has 0 aliphatic heterocycles. The topological polar surface area (TPSA) is 126 Å². The second kappa shape index (κ2) is 14.9. The Labute approximate surface area is 215 Å². The summed E-state index contributed by atoms with van der Waals surface area (Å²) >= 11 is 0. The van der Waals surface area contributed by atoms with Crippen molar-refractivity contribution in [2.75, 3.05) is 18.5 Å². The maximum absolute atomic E-state index is 12.9. The molecule has 0 aliphatic rings. The molecule has 3 aromatic carbocycles. The summed E-state index contributed by atoms with van der Waals surface area (Å²) in [4.78, 5) is 24.2. The van der Waals surface area contributed by atoms with E-state index in [4.69, 9.17) is 24.5 Å². The van der Waals surface area contributed by atoms with Gasteiger partial charge < -0.3 is 19.3 Å². The van der Waals surface area contributed by atoms with Crippen molar-refractivity contribution >= 4 is 17.7 Å². The number of aliphatic hydroxyl groups excluding tert-OH is 1. The highest BCUT2D eigenvalue weighted by Gasteiger charge is 2.29. The summed E-state index contributed by atoms with van der Waals surface area (Å²) in [5, 5.41) is 20.4. The van der Waals surface area contributed by atoms with Gasteiger partial charge in [-0.15, -0.1) is 0 Å². The molecular formula is C28H30N2O7. The number of carbonyl (C=O) groups is 2. The van der Waals surface area contributed by atoms with Gasteiger partial charge in [-0.2, -0.15) is 0 Å². The van der Waals surface area contributed by atoms with Gasteiger partial charge in [0.1, 0.15) is 24.2 Å². The summed E-state index contributed by atoms with van der Waals surface area (Å²) in [7, 11) is 0. The Balaban J connectivity index is 1.87. The molecule has 2 amide bonds. The maximum Gasteiger partial charge on any atom is 0.412 e. The third-order valence-electron chi connectivity index (χ3n) is 5.19. The minimum Gasteiger partial charge on any atom is -0.491 e. The number of ether oxygens (including phenoxy) is 3. The number of nitrogens with one attached hydrogen (secondary N) is 2. The second-order valence-corrected chi connectivity index (χ2v) is 7.88. The molecule has 37 heavy (non-hydrogen) atoms. The number of carbonyl (C=O) groups excluding carboxylic acids is 2. The molecular weight excluding hydrogens is 476 g/mol. The Morgan fingerprint density at radius 3 is 2.22 bits per heavy atom. The molecule has 0 saturated heterocycles. The van der Waals surface area contributed by atoms with Gasteiger partial charge in [-0.05, 0) is 54.8 Å². The van der Waals surface area contributed by atoms with Crippen molar-refractivity contribution in [3.05, 3.63) is 103 Å². The van der Waals surface area contributed by atoms with Crippen LogP contribution < -0.4 is 20.3 Å². The van der Waals surface area contributed by atoms with Crippen LogP contribution in [0.2, 0.25) is 0 Å². The molecule has 0 heterocycles. The Hall–Kier alpha value is -4.34. The maximum atomic E-state index is 12.9. The number of hydrogen-bond acceptors (Lipinski definition) is 7. The van der Waals surface area contributed by atoms with Crippen LogP contribution in [0.5, 0.6) is 11.5 Å². The Kier molecular flexibility index (Phi) is 11.0. The Morgan fingerprint density at radius 1 is 0.892 bits per heavy atom. The number of hydroxylamine groups is 1. The van der Waals surface area contributed by atoms with Gasteiger partial charge in [0.05, 0.1) is 6.61 Å². The summed E-state index contributed by atoms with van der Waals surface area (Å²) in [6.07, 6.45) is 1.49. The van der Waals surface area contributed by atoms with Crippen molar-refractivity contribution in [1.29, 1.82) is 0 Å². The lowest BCUT2D eigenvalue weighted by Gasteiger charge is -2.28. The third-order valence-corrected chi connectivity index (χ3v) is 5.19. The number of rotatable bonds is 13. The fraction of sp³-hybridized carbons (Fsp3) is 0.214. The molecule has 2 atom stereocenters. The van der Waals surface area contributed by atoms with Gasteiger partial charge in [-0.25, -0.2) is 10.3 Å². The number of aliphatic hydroxyl groups is 1. The lowest BCUT2D eigenvalue weighted by atomic mass is 10.00. The first-order valence-corrected chi connectivity index (χ1v) is 11.8. The van der Waals surface area contributed by atoms with Crippen molar-refractivity contribution in [3.8, 4) is 11.5 Å². The fourth-order valence-corrected chi connectivity index (χ4v) is 3.49. The van der Waals surface area contributed by atoms with E-state index in [9.17, 15) is 9.59 Å². The lowest BCUT2D eigenvalue weighted by Crippen LogP contribution is -2.31. The summed E-state index contributed by atoms with van der Waals surface area (Å²) < 4.78 is 17.6. The van der Waals surface area contributed by atoms with Crippen LogP contribution in [0.25, 0.3) is 0 Å². The molecule has 9 nitrogen and oxygen atoms in total. The molecule has 194 valence electrons. The summed E-state index contributed by atoms with van der Waals surface area (Å²) in [6.45, 7) is 0.0498. The van der Waals surface area contributed by atoms with E-state index in [2.05, 4.69) is 5.32 Å². The second-order valence-electron chi connectivity index (χ2n) is 7.88.